The van der Waals surface area contributed by atoms with Crippen LogP contribution in [0.5, 0.6) is 23.0 Å². The van der Waals surface area contributed by atoms with E-state index >= 15 is 0 Å². The Kier molecular flexibility index (Phi) is 14.5. The minimum Gasteiger partial charge on any atom is -0.490 e. The number of para-hydroxylation sites is 2. The Morgan fingerprint density at radius 2 is 0.739 bits per heavy atom. The van der Waals surface area contributed by atoms with Crippen LogP contribution in [0.15, 0.2) is 84.9 Å². The Hall–Kier alpha value is -5.56. The van der Waals surface area contributed by atoms with Crippen LogP contribution >= 0.6 is 0 Å². The molecule has 0 amide bonds. The Balaban J connectivity index is 0.959. The molecule has 360 valence electrons. The Bertz CT molecular complexity index is 2560. The van der Waals surface area contributed by atoms with Gasteiger partial charge in [0, 0.05) is 54.0 Å². The average molecular weight is 925 g/mol. The SMILES string of the molecule is COCOc1c(-c2ccccc2O[C@H](C)C[C@@H](C)Oc2ccccc2-c2cc(C)cc(-c3c4c(cc5c3CCCC5)CCCC4)c2OCOC)cc(C)cc1-c1c2c(cc3c1CCCC3)CCCC2. The number of ether oxygens (including phenoxy) is 6. The number of aryl methyl sites for hydroxylation is 6. The summed E-state index contributed by atoms with van der Waals surface area (Å²) < 4.78 is 38.6. The van der Waals surface area contributed by atoms with Gasteiger partial charge < -0.3 is 28.4 Å². The second kappa shape index (κ2) is 21.2. The molecule has 0 heterocycles. The minimum atomic E-state index is -0.157. The normalized spacial score (nSPS) is 16.1. The molecule has 0 unspecified atom stereocenters. The van der Waals surface area contributed by atoms with Crippen molar-refractivity contribution in [1.82, 2.24) is 0 Å². The molecule has 6 heteroatoms. The van der Waals surface area contributed by atoms with Gasteiger partial charge in [-0.2, -0.15) is 0 Å². The van der Waals surface area contributed by atoms with E-state index in [2.05, 4.69) is 113 Å². The summed E-state index contributed by atoms with van der Waals surface area (Å²) in [5.41, 5.74) is 23.9. The predicted octanol–water partition coefficient (Wildman–Crippen LogP) is 15.1. The van der Waals surface area contributed by atoms with Gasteiger partial charge in [0.15, 0.2) is 13.6 Å². The fourth-order valence-corrected chi connectivity index (χ4v) is 12.4. The molecule has 6 aromatic carbocycles. The molecule has 0 aromatic heterocycles. The monoisotopic (exact) mass is 925 g/mol. The molecular weight excluding hydrogens is 853 g/mol. The summed E-state index contributed by atoms with van der Waals surface area (Å²) in [6.45, 7) is 9.06. The van der Waals surface area contributed by atoms with Crippen molar-refractivity contribution in [2.24, 2.45) is 0 Å². The van der Waals surface area contributed by atoms with Gasteiger partial charge in [-0.1, -0.05) is 48.5 Å². The molecular formula is C63H72O6. The van der Waals surface area contributed by atoms with E-state index in [9.17, 15) is 0 Å². The van der Waals surface area contributed by atoms with Gasteiger partial charge >= 0.3 is 0 Å². The predicted molar refractivity (Wildman–Crippen MR) is 280 cm³/mol. The zero-order valence-electron chi connectivity index (χ0n) is 42.1. The van der Waals surface area contributed by atoms with E-state index < -0.39 is 0 Å². The lowest BCUT2D eigenvalue weighted by Gasteiger charge is -2.29. The molecule has 0 saturated heterocycles. The highest BCUT2D eigenvalue weighted by Gasteiger charge is 2.30. The van der Waals surface area contributed by atoms with Gasteiger partial charge in [0.25, 0.3) is 0 Å². The van der Waals surface area contributed by atoms with Crippen molar-refractivity contribution in [2.75, 3.05) is 27.8 Å². The van der Waals surface area contributed by atoms with Crippen LogP contribution in [0, 0.1) is 13.8 Å². The molecule has 6 nitrogen and oxygen atoms in total. The maximum Gasteiger partial charge on any atom is 0.188 e. The first-order chi connectivity index (χ1) is 33.8. The smallest absolute Gasteiger partial charge is 0.188 e. The molecule has 0 spiro atoms. The summed E-state index contributed by atoms with van der Waals surface area (Å²) in [6.07, 6.45) is 19.3. The minimum absolute atomic E-state index is 0.157. The van der Waals surface area contributed by atoms with Gasteiger partial charge in [-0.3, -0.25) is 0 Å². The van der Waals surface area contributed by atoms with Gasteiger partial charge in [0.05, 0.1) is 12.2 Å². The highest BCUT2D eigenvalue weighted by molar-refractivity contribution is 5.90. The summed E-state index contributed by atoms with van der Waals surface area (Å²) in [5, 5.41) is 0. The van der Waals surface area contributed by atoms with Gasteiger partial charge in [-0.25, -0.2) is 0 Å². The Labute approximate surface area is 411 Å². The van der Waals surface area contributed by atoms with Gasteiger partial charge in [-0.15, -0.1) is 0 Å². The van der Waals surface area contributed by atoms with Crippen LogP contribution in [-0.2, 0) is 60.8 Å². The third-order valence-corrected chi connectivity index (χ3v) is 15.3. The molecule has 10 rings (SSSR count). The van der Waals surface area contributed by atoms with Gasteiger partial charge in [0.1, 0.15) is 23.0 Å². The van der Waals surface area contributed by atoms with Crippen molar-refractivity contribution in [3.63, 3.8) is 0 Å². The van der Waals surface area contributed by atoms with Crippen LogP contribution < -0.4 is 18.9 Å². The summed E-state index contributed by atoms with van der Waals surface area (Å²) in [5.74, 6) is 3.38. The standard InChI is InChI=1S/C63H72O6/c1-40-31-54(62(66-38-64-5)56(33-40)60-48-23-11-7-19-44(48)36-45-20-8-12-24-49(45)60)52-27-15-17-29-58(52)68-42(3)35-43(4)69-59-30-18-16-28-53(59)55-32-41(2)34-57(63(55)67-39-65-6)61-50-25-13-9-21-46(50)37-47-22-10-14-26-51(47)61/h15-18,27-34,36-37,42-43H,7-14,19-26,35,38-39H2,1-6H3/t42-,43-/m1/s1. The number of benzene rings is 6. The third-order valence-electron chi connectivity index (χ3n) is 15.3. The quantitative estimate of drug-likeness (QED) is 0.0902. The Morgan fingerprint density at radius 3 is 1.10 bits per heavy atom. The summed E-state index contributed by atoms with van der Waals surface area (Å²) in [4.78, 5) is 0. The van der Waals surface area contributed by atoms with E-state index in [-0.39, 0.29) is 25.8 Å². The van der Waals surface area contributed by atoms with E-state index in [4.69, 9.17) is 28.4 Å². The number of hydrogen-bond acceptors (Lipinski definition) is 6. The summed E-state index contributed by atoms with van der Waals surface area (Å²) in [7, 11) is 3.41. The molecule has 2 atom stereocenters. The Morgan fingerprint density at radius 1 is 0.406 bits per heavy atom. The lowest BCUT2D eigenvalue weighted by Crippen LogP contribution is -2.23. The zero-order valence-corrected chi connectivity index (χ0v) is 42.1. The lowest BCUT2D eigenvalue weighted by molar-refractivity contribution is 0.0517. The molecule has 0 fully saturated rings. The van der Waals surface area contributed by atoms with Crippen LogP contribution in [0.2, 0.25) is 0 Å². The van der Waals surface area contributed by atoms with Crippen LogP contribution in [0.3, 0.4) is 0 Å². The highest BCUT2D eigenvalue weighted by atomic mass is 16.7. The van der Waals surface area contributed by atoms with E-state index in [1.807, 2.05) is 0 Å². The highest BCUT2D eigenvalue weighted by Crippen LogP contribution is 2.50. The van der Waals surface area contributed by atoms with Crippen LogP contribution in [0.1, 0.15) is 127 Å². The van der Waals surface area contributed by atoms with E-state index in [1.165, 1.54) is 129 Å². The van der Waals surface area contributed by atoms with Crippen molar-refractivity contribution in [3.8, 4) is 67.5 Å². The zero-order chi connectivity index (χ0) is 47.4. The maximum atomic E-state index is 6.98. The van der Waals surface area contributed by atoms with Gasteiger partial charge in [0.2, 0.25) is 0 Å². The molecule has 69 heavy (non-hydrogen) atoms. The van der Waals surface area contributed by atoms with Crippen LogP contribution in [0.25, 0.3) is 44.5 Å². The first kappa shape index (κ1) is 47.1. The van der Waals surface area contributed by atoms with E-state index in [0.29, 0.717) is 6.42 Å². The van der Waals surface area contributed by atoms with Crippen LogP contribution in [0.4, 0.5) is 0 Å². The molecule has 0 saturated carbocycles. The third kappa shape index (κ3) is 9.82. The molecule has 6 aromatic rings. The lowest BCUT2D eigenvalue weighted by atomic mass is 9.76. The fourth-order valence-electron chi connectivity index (χ4n) is 12.4. The molecule has 0 aliphatic heterocycles. The number of rotatable bonds is 16. The second-order valence-electron chi connectivity index (χ2n) is 20.4. The van der Waals surface area contributed by atoms with Crippen molar-refractivity contribution in [2.45, 2.75) is 149 Å². The maximum absolute atomic E-state index is 6.98. The van der Waals surface area contributed by atoms with Crippen LogP contribution in [-0.4, -0.2) is 40.0 Å². The molecule has 0 N–H and O–H groups in total. The first-order valence-corrected chi connectivity index (χ1v) is 26.2. The number of methoxy groups -OCH3 is 2. The first-order valence-electron chi connectivity index (χ1n) is 26.2. The molecule has 0 bridgehead atoms. The average Bonchev–Trinajstić information content (AvgIpc) is 3.36. The number of fused-ring (bicyclic) bond motifs is 4. The topological polar surface area (TPSA) is 55.4 Å². The van der Waals surface area contributed by atoms with Gasteiger partial charge in [-0.05, 0) is 234 Å². The largest absolute Gasteiger partial charge is 0.490 e. The molecule has 4 aliphatic rings. The van der Waals surface area contributed by atoms with E-state index in [1.54, 1.807) is 14.2 Å². The molecule has 4 aliphatic carbocycles. The van der Waals surface area contributed by atoms with Crippen molar-refractivity contribution < 1.29 is 28.4 Å². The van der Waals surface area contributed by atoms with Crippen molar-refractivity contribution >= 4 is 0 Å². The second-order valence-corrected chi connectivity index (χ2v) is 20.4. The summed E-state index contributed by atoms with van der Waals surface area (Å²) in [6, 6.07) is 31.2. The van der Waals surface area contributed by atoms with Crippen molar-refractivity contribution in [1.29, 1.82) is 0 Å². The van der Waals surface area contributed by atoms with Crippen molar-refractivity contribution in [3.05, 3.63) is 141 Å². The summed E-state index contributed by atoms with van der Waals surface area (Å²) >= 11 is 0. The number of hydrogen-bond donors (Lipinski definition) is 0. The molecule has 0 radical (unpaired) electrons. The van der Waals surface area contributed by atoms with E-state index in [0.717, 1.165) is 96.6 Å². The fraction of sp³-hybridized carbons (Fsp3) is 0.429.